The van der Waals surface area contributed by atoms with Gasteiger partial charge in [0.2, 0.25) is 0 Å². The normalized spacial score (nSPS) is 33.0. The van der Waals surface area contributed by atoms with Crippen molar-refractivity contribution >= 4 is 0 Å². The van der Waals surface area contributed by atoms with Crippen LogP contribution in [0.1, 0.15) is 26.7 Å². The van der Waals surface area contributed by atoms with Gasteiger partial charge in [-0.15, -0.1) is 0 Å². The van der Waals surface area contributed by atoms with Gasteiger partial charge in [-0.3, -0.25) is 0 Å². The summed E-state index contributed by atoms with van der Waals surface area (Å²) in [5.74, 6) is 0. The van der Waals surface area contributed by atoms with E-state index in [1.165, 1.54) is 25.9 Å². The van der Waals surface area contributed by atoms with Gasteiger partial charge in [0.25, 0.3) is 0 Å². The molecule has 0 aromatic carbocycles. The molecule has 2 fully saturated rings. The molecule has 0 bridgehead atoms. The van der Waals surface area contributed by atoms with Crippen molar-refractivity contribution < 1.29 is 4.74 Å². The summed E-state index contributed by atoms with van der Waals surface area (Å²) in [6.07, 6.45) is 2.43. The number of hydrogen-bond donors (Lipinski definition) is 1. The first kappa shape index (κ1) is 10.4. The number of piperidine rings is 1. The molecule has 1 spiro atoms. The van der Waals surface area contributed by atoms with Crippen LogP contribution in [0, 0.1) is 5.41 Å². The van der Waals surface area contributed by atoms with Gasteiger partial charge in [-0.2, -0.15) is 0 Å². The third-order valence-corrected chi connectivity index (χ3v) is 4.00. The van der Waals surface area contributed by atoms with Crippen LogP contribution >= 0.6 is 0 Å². The average molecular weight is 198 g/mol. The standard InChI is InChI=1S/C11H22N2O/c1-9(2)13-5-3-11(4-6-13)8-14-7-10(11)12/h9-10H,3-8,12H2,1-2H3. The summed E-state index contributed by atoms with van der Waals surface area (Å²) >= 11 is 0. The van der Waals surface area contributed by atoms with Gasteiger partial charge in [0.05, 0.1) is 13.2 Å². The second kappa shape index (κ2) is 3.80. The van der Waals surface area contributed by atoms with Crippen LogP contribution in [0.5, 0.6) is 0 Å². The van der Waals surface area contributed by atoms with Crippen LogP contribution in [0.15, 0.2) is 0 Å². The van der Waals surface area contributed by atoms with E-state index in [4.69, 9.17) is 10.5 Å². The van der Waals surface area contributed by atoms with Gasteiger partial charge < -0.3 is 15.4 Å². The monoisotopic (exact) mass is 198 g/mol. The zero-order valence-corrected chi connectivity index (χ0v) is 9.33. The molecular weight excluding hydrogens is 176 g/mol. The van der Waals surface area contributed by atoms with E-state index in [9.17, 15) is 0 Å². The number of hydrogen-bond acceptors (Lipinski definition) is 3. The minimum Gasteiger partial charge on any atom is -0.379 e. The summed E-state index contributed by atoms with van der Waals surface area (Å²) < 4.78 is 5.50. The van der Waals surface area contributed by atoms with Crippen molar-refractivity contribution in [2.75, 3.05) is 26.3 Å². The molecule has 0 aromatic rings. The van der Waals surface area contributed by atoms with E-state index in [1.807, 2.05) is 0 Å². The molecule has 0 amide bonds. The van der Waals surface area contributed by atoms with Gasteiger partial charge in [0, 0.05) is 17.5 Å². The third kappa shape index (κ3) is 1.69. The third-order valence-electron chi connectivity index (χ3n) is 4.00. The van der Waals surface area contributed by atoms with Gasteiger partial charge in [-0.25, -0.2) is 0 Å². The van der Waals surface area contributed by atoms with E-state index >= 15 is 0 Å². The molecule has 14 heavy (non-hydrogen) atoms. The van der Waals surface area contributed by atoms with Crippen molar-refractivity contribution in [1.82, 2.24) is 4.90 Å². The number of rotatable bonds is 1. The number of nitrogens with zero attached hydrogens (tertiary/aromatic N) is 1. The summed E-state index contributed by atoms with van der Waals surface area (Å²) in [4.78, 5) is 2.54. The van der Waals surface area contributed by atoms with Gasteiger partial charge in [-0.05, 0) is 39.8 Å². The Balaban J connectivity index is 1.94. The summed E-state index contributed by atoms with van der Waals surface area (Å²) in [6.45, 7) is 8.57. The van der Waals surface area contributed by atoms with Crippen LogP contribution in [0.3, 0.4) is 0 Å². The second-order valence-electron chi connectivity index (χ2n) is 5.11. The lowest BCUT2D eigenvalue weighted by atomic mass is 9.75. The lowest BCUT2D eigenvalue weighted by molar-refractivity contribution is 0.0615. The van der Waals surface area contributed by atoms with Gasteiger partial charge in [0.15, 0.2) is 0 Å². The SMILES string of the molecule is CC(C)N1CCC2(CC1)COCC2N. The van der Waals surface area contributed by atoms with Crippen molar-refractivity contribution in [3.8, 4) is 0 Å². The summed E-state index contributed by atoms with van der Waals surface area (Å²) in [6, 6.07) is 0.947. The Kier molecular flexibility index (Phi) is 2.82. The number of nitrogens with two attached hydrogens (primary N) is 1. The smallest absolute Gasteiger partial charge is 0.0624 e. The van der Waals surface area contributed by atoms with E-state index < -0.39 is 0 Å². The zero-order chi connectivity index (χ0) is 10.2. The van der Waals surface area contributed by atoms with E-state index in [0.717, 1.165) is 13.2 Å². The van der Waals surface area contributed by atoms with Crippen molar-refractivity contribution in [2.24, 2.45) is 11.1 Å². The van der Waals surface area contributed by atoms with Crippen LogP contribution in [0.2, 0.25) is 0 Å². The molecule has 2 N–H and O–H groups in total. The van der Waals surface area contributed by atoms with Crippen molar-refractivity contribution in [1.29, 1.82) is 0 Å². The number of likely N-dealkylation sites (tertiary alicyclic amines) is 1. The molecule has 0 aliphatic carbocycles. The first-order valence-corrected chi connectivity index (χ1v) is 5.71. The lowest BCUT2D eigenvalue weighted by Crippen LogP contribution is -2.50. The molecule has 0 aromatic heterocycles. The van der Waals surface area contributed by atoms with Gasteiger partial charge in [-0.1, -0.05) is 0 Å². The highest BCUT2D eigenvalue weighted by molar-refractivity contribution is 4.97. The van der Waals surface area contributed by atoms with Crippen molar-refractivity contribution in [3.63, 3.8) is 0 Å². The van der Waals surface area contributed by atoms with E-state index in [-0.39, 0.29) is 6.04 Å². The maximum Gasteiger partial charge on any atom is 0.0624 e. The highest BCUT2D eigenvalue weighted by atomic mass is 16.5. The van der Waals surface area contributed by atoms with Crippen LogP contribution in [-0.2, 0) is 4.74 Å². The van der Waals surface area contributed by atoms with Gasteiger partial charge in [0.1, 0.15) is 0 Å². The maximum atomic E-state index is 6.12. The fourth-order valence-corrected chi connectivity index (χ4v) is 2.67. The minimum atomic E-state index is 0.275. The predicted octanol–water partition coefficient (Wildman–Crippen LogP) is 0.835. The molecule has 2 rings (SSSR count). The Morgan fingerprint density at radius 1 is 1.36 bits per heavy atom. The van der Waals surface area contributed by atoms with Crippen molar-refractivity contribution in [2.45, 2.75) is 38.8 Å². The quantitative estimate of drug-likeness (QED) is 0.678. The molecule has 2 heterocycles. The van der Waals surface area contributed by atoms with Crippen molar-refractivity contribution in [3.05, 3.63) is 0 Å². The first-order valence-electron chi connectivity index (χ1n) is 5.71. The molecule has 2 aliphatic rings. The Bertz CT molecular complexity index is 197. The van der Waals surface area contributed by atoms with Crippen LogP contribution in [0.4, 0.5) is 0 Å². The molecule has 0 saturated carbocycles. The first-order chi connectivity index (χ1) is 6.64. The lowest BCUT2D eigenvalue weighted by Gasteiger charge is -2.42. The molecule has 0 radical (unpaired) electrons. The molecule has 2 aliphatic heterocycles. The second-order valence-corrected chi connectivity index (χ2v) is 5.11. The van der Waals surface area contributed by atoms with Crippen LogP contribution < -0.4 is 5.73 Å². The minimum absolute atomic E-state index is 0.275. The molecular formula is C11H22N2O. The Morgan fingerprint density at radius 2 is 2.00 bits per heavy atom. The molecule has 3 nitrogen and oxygen atoms in total. The summed E-state index contributed by atoms with van der Waals surface area (Å²) in [5.41, 5.74) is 6.43. The fourth-order valence-electron chi connectivity index (χ4n) is 2.67. The molecule has 3 heteroatoms. The van der Waals surface area contributed by atoms with Crippen LogP contribution in [-0.4, -0.2) is 43.3 Å². The average Bonchev–Trinajstić information content (AvgIpc) is 2.49. The largest absolute Gasteiger partial charge is 0.379 e. The molecule has 1 atom stereocenters. The van der Waals surface area contributed by atoms with Crippen LogP contribution in [0.25, 0.3) is 0 Å². The molecule has 2 saturated heterocycles. The maximum absolute atomic E-state index is 6.12. The molecule has 82 valence electrons. The van der Waals surface area contributed by atoms with E-state index in [2.05, 4.69) is 18.7 Å². The van der Waals surface area contributed by atoms with Gasteiger partial charge >= 0.3 is 0 Å². The molecule has 1 unspecified atom stereocenters. The van der Waals surface area contributed by atoms with E-state index in [1.54, 1.807) is 0 Å². The Hall–Kier alpha value is -0.120. The highest BCUT2D eigenvalue weighted by Crippen LogP contribution is 2.38. The summed E-state index contributed by atoms with van der Waals surface area (Å²) in [7, 11) is 0. The Morgan fingerprint density at radius 3 is 2.43 bits per heavy atom. The Labute approximate surface area is 86.6 Å². The fraction of sp³-hybridized carbons (Fsp3) is 1.00. The summed E-state index contributed by atoms with van der Waals surface area (Å²) in [5, 5.41) is 0. The van der Waals surface area contributed by atoms with E-state index in [0.29, 0.717) is 11.5 Å². The predicted molar refractivity (Wildman–Crippen MR) is 57.2 cm³/mol. The topological polar surface area (TPSA) is 38.5 Å². The number of ether oxygens (including phenoxy) is 1. The highest BCUT2D eigenvalue weighted by Gasteiger charge is 2.44. The zero-order valence-electron chi connectivity index (χ0n) is 9.33.